The third kappa shape index (κ3) is 2.97. The second-order valence-corrected chi connectivity index (χ2v) is 5.15. The minimum absolute atomic E-state index is 0.120. The third-order valence-corrected chi connectivity index (χ3v) is 3.43. The Kier molecular flexibility index (Phi) is 3.43. The number of hydrogen-bond donors (Lipinski definition) is 1. The highest BCUT2D eigenvalue weighted by Gasteiger charge is 2.42. The molecule has 0 aromatic heterocycles. The van der Waals surface area contributed by atoms with Crippen molar-refractivity contribution in [2.24, 2.45) is 0 Å². The average Bonchev–Trinajstić information content (AvgIpc) is 3.04. The van der Waals surface area contributed by atoms with E-state index in [-0.39, 0.29) is 17.7 Å². The molecule has 0 aliphatic heterocycles. The monoisotopic (exact) mass is 272 g/mol. The van der Waals surface area contributed by atoms with Crippen LogP contribution in [-0.4, -0.2) is 24.9 Å². The Morgan fingerprint density at radius 2 is 1.74 bits per heavy atom. The Morgan fingerprint density at radius 3 is 2.16 bits per heavy atom. The molecule has 0 saturated heterocycles. The van der Waals surface area contributed by atoms with Crippen molar-refractivity contribution in [1.29, 1.82) is 0 Å². The van der Waals surface area contributed by atoms with Crippen LogP contribution in [0.5, 0.6) is 11.5 Å². The van der Waals surface area contributed by atoms with E-state index in [0.29, 0.717) is 24.2 Å². The molecule has 3 nitrogen and oxygen atoms in total. The van der Waals surface area contributed by atoms with Gasteiger partial charge >= 0.3 is 0 Å². The van der Waals surface area contributed by atoms with Gasteiger partial charge in [0.05, 0.1) is 19.8 Å². The Balaban J connectivity index is 2.48. The summed E-state index contributed by atoms with van der Waals surface area (Å²) in [6.45, 7) is 0.842. The van der Waals surface area contributed by atoms with Crippen LogP contribution in [-0.2, 0) is 12.3 Å². The summed E-state index contributed by atoms with van der Waals surface area (Å²) in [5, 5.41) is 9.95. The predicted octanol–water partition coefficient (Wildman–Crippen LogP) is 2.88. The molecule has 5 heteroatoms. The smallest absolute Gasteiger partial charge is 0.270 e. The first-order valence-electron chi connectivity index (χ1n) is 6.15. The number of methoxy groups -OCH3 is 2. The van der Waals surface area contributed by atoms with E-state index < -0.39 is 11.5 Å². The van der Waals surface area contributed by atoms with Gasteiger partial charge in [-0.3, -0.25) is 0 Å². The van der Waals surface area contributed by atoms with Gasteiger partial charge < -0.3 is 14.6 Å². The van der Waals surface area contributed by atoms with Crippen molar-refractivity contribution in [2.45, 2.75) is 37.7 Å². The first-order valence-corrected chi connectivity index (χ1v) is 6.15. The first-order chi connectivity index (χ1) is 8.79. The number of alkyl halides is 2. The van der Waals surface area contributed by atoms with Gasteiger partial charge in [0.25, 0.3) is 5.92 Å². The molecule has 0 spiro atoms. The molecule has 1 N–H and O–H groups in total. The fourth-order valence-electron chi connectivity index (χ4n) is 2.15. The molecule has 1 fully saturated rings. The summed E-state index contributed by atoms with van der Waals surface area (Å²) >= 11 is 0. The summed E-state index contributed by atoms with van der Waals surface area (Å²) in [5.41, 5.74) is -0.546. The van der Waals surface area contributed by atoms with Crippen LogP contribution >= 0.6 is 0 Å². The summed E-state index contributed by atoms with van der Waals surface area (Å²) in [6.07, 6.45) is 1.51. The van der Waals surface area contributed by atoms with Crippen molar-refractivity contribution in [3.63, 3.8) is 0 Å². The fourth-order valence-corrected chi connectivity index (χ4v) is 2.15. The van der Waals surface area contributed by atoms with E-state index in [4.69, 9.17) is 9.47 Å². The van der Waals surface area contributed by atoms with Crippen molar-refractivity contribution in [3.05, 3.63) is 23.3 Å². The topological polar surface area (TPSA) is 38.7 Å². The van der Waals surface area contributed by atoms with Crippen LogP contribution in [0.2, 0.25) is 0 Å². The molecule has 0 heterocycles. The van der Waals surface area contributed by atoms with Gasteiger partial charge in [-0.25, -0.2) is 8.78 Å². The highest BCUT2D eigenvalue weighted by Crippen LogP contribution is 2.44. The van der Waals surface area contributed by atoms with E-state index in [0.717, 1.165) is 6.92 Å². The third-order valence-electron chi connectivity index (χ3n) is 3.43. The highest BCUT2D eigenvalue weighted by molar-refractivity contribution is 5.49. The molecule has 0 amide bonds. The summed E-state index contributed by atoms with van der Waals surface area (Å²) in [6, 6.07) is 2.82. The van der Waals surface area contributed by atoms with Crippen LogP contribution in [0.4, 0.5) is 8.78 Å². The SMILES string of the molecule is COc1cc(CC2(O)CC2)c(C(C)(F)F)cc1OC. The fraction of sp³-hybridized carbons (Fsp3) is 0.571. The van der Waals surface area contributed by atoms with Crippen molar-refractivity contribution in [3.8, 4) is 11.5 Å². The van der Waals surface area contributed by atoms with E-state index in [9.17, 15) is 13.9 Å². The molecule has 2 rings (SSSR count). The van der Waals surface area contributed by atoms with Gasteiger partial charge in [-0.1, -0.05) is 0 Å². The van der Waals surface area contributed by atoms with Crippen molar-refractivity contribution >= 4 is 0 Å². The number of hydrogen-bond acceptors (Lipinski definition) is 3. The Bertz CT molecular complexity index is 476. The molecular formula is C14H18F2O3. The molecule has 1 aromatic carbocycles. The normalized spacial score (nSPS) is 17.2. The van der Waals surface area contributed by atoms with Crippen molar-refractivity contribution < 1.29 is 23.4 Å². The maximum Gasteiger partial charge on any atom is 0.270 e. The van der Waals surface area contributed by atoms with Crippen molar-refractivity contribution in [1.82, 2.24) is 0 Å². The lowest BCUT2D eigenvalue weighted by molar-refractivity contribution is 0.0155. The second kappa shape index (κ2) is 4.63. The van der Waals surface area contributed by atoms with Gasteiger partial charge in [0.15, 0.2) is 11.5 Å². The van der Waals surface area contributed by atoms with Gasteiger partial charge in [0.1, 0.15) is 0 Å². The number of benzene rings is 1. The lowest BCUT2D eigenvalue weighted by Gasteiger charge is -2.20. The molecule has 19 heavy (non-hydrogen) atoms. The Morgan fingerprint density at radius 1 is 1.21 bits per heavy atom. The van der Waals surface area contributed by atoms with Gasteiger partial charge in [0, 0.05) is 18.9 Å². The lowest BCUT2D eigenvalue weighted by atomic mass is 9.96. The molecule has 1 aliphatic carbocycles. The summed E-state index contributed by atoms with van der Waals surface area (Å²) in [5.74, 6) is -2.32. The van der Waals surface area contributed by atoms with Crippen LogP contribution in [0.25, 0.3) is 0 Å². The number of ether oxygens (including phenoxy) is 2. The Labute approximate surface area is 111 Å². The molecule has 1 aliphatic rings. The predicted molar refractivity (Wildman–Crippen MR) is 67.0 cm³/mol. The number of halogens is 2. The minimum Gasteiger partial charge on any atom is -0.493 e. The number of aliphatic hydroxyl groups is 1. The molecule has 0 atom stereocenters. The van der Waals surface area contributed by atoms with E-state index in [2.05, 4.69) is 0 Å². The second-order valence-electron chi connectivity index (χ2n) is 5.15. The van der Waals surface area contributed by atoms with Crippen LogP contribution in [0, 0.1) is 0 Å². The molecule has 1 saturated carbocycles. The summed E-state index contributed by atoms with van der Waals surface area (Å²) < 4.78 is 37.5. The molecule has 1 aromatic rings. The highest BCUT2D eigenvalue weighted by atomic mass is 19.3. The lowest BCUT2D eigenvalue weighted by Crippen LogP contribution is -2.17. The molecule has 0 radical (unpaired) electrons. The zero-order valence-corrected chi connectivity index (χ0v) is 11.3. The van der Waals surface area contributed by atoms with Crippen LogP contribution < -0.4 is 9.47 Å². The Hall–Kier alpha value is -1.36. The molecular weight excluding hydrogens is 254 g/mol. The van der Waals surface area contributed by atoms with Crippen molar-refractivity contribution in [2.75, 3.05) is 14.2 Å². The maximum absolute atomic E-state index is 13.7. The van der Waals surface area contributed by atoms with E-state index in [1.54, 1.807) is 0 Å². The van der Waals surface area contributed by atoms with Gasteiger partial charge in [-0.2, -0.15) is 0 Å². The van der Waals surface area contributed by atoms with E-state index >= 15 is 0 Å². The molecule has 0 bridgehead atoms. The summed E-state index contributed by atoms with van der Waals surface area (Å²) in [4.78, 5) is 0. The molecule has 0 unspecified atom stereocenters. The van der Waals surface area contributed by atoms with Crippen LogP contribution in [0.1, 0.15) is 30.9 Å². The van der Waals surface area contributed by atoms with E-state index in [1.165, 1.54) is 26.4 Å². The van der Waals surface area contributed by atoms with E-state index in [1.807, 2.05) is 0 Å². The first kappa shape index (κ1) is 14.1. The van der Waals surface area contributed by atoms with Crippen LogP contribution in [0.15, 0.2) is 12.1 Å². The van der Waals surface area contributed by atoms with Crippen LogP contribution in [0.3, 0.4) is 0 Å². The van der Waals surface area contributed by atoms with Gasteiger partial charge in [-0.15, -0.1) is 0 Å². The standard InChI is InChI=1S/C14H18F2O3/c1-13(15,16)10-7-12(19-3)11(18-2)6-9(10)8-14(17)4-5-14/h6-7,17H,4-5,8H2,1-3H3. The summed E-state index contributed by atoms with van der Waals surface area (Å²) in [7, 11) is 2.86. The zero-order chi connectivity index (χ0) is 14.3. The quantitative estimate of drug-likeness (QED) is 0.895. The maximum atomic E-state index is 13.7. The molecule has 106 valence electrons. The zero-order valence-electron chi connectivity index (χ0n) is 11.3. The average molecular weight is 272 g/mol. The minimum atomic E-state index is -2.99. The number of rotatable bonds is 5. The van der Waals surface area contributed by atoms with Gasteiger partial charge in [-0.05, 0) is 30.5 Å². The van der Waals surface area contributed by atoms with Gasteiger partial charge in [0.2, 0.25) is 0 Å². The largest absolute Gasteiger partial charge is 0.493 e.